The zero-order valence-electron chi connectivity index (χ0n) is 8.62. The molecule has 0 radical (unpaired) electrons. The standard InChI is InChI=1S/C10H11ClN2O2S/c1-2-3-6-13-16(14,15)10-5-4-8(11)7-9(10)12/h4-5,7,13H,6,12H2,1H3. The van der Waals surface area contributed by atoms with Gasteiger partial charge in [-0.15, -0.1) is 5.92 Å². The largest absolute Gasteiger partial charge is 0.398 e. The summed E-state index contributed by atoms with van der Waals surface area (Å²) >= 11 is 5.68. The van der Waals surface area contributed by atoms with Crippen molar-refractivity contribution in [2.24, 2.45) is 0 Å². The fraction of sp³-hybridized carbons (Fsp3) is 0.200. The van der Waals surface area contributed by atoms with E-state index in [0.29, 0.717) is 5.02 Å². The van der Waals surface area contributed by atoms with Gasteiger partial charge in [0.1, 0.15) is 4.90 Å². The fourth-order valence-corrected chi connectivity index (χ4v) is 2.28. The molecular weight excluding hydrogens is 248 g/mol. The molecule has 6 heteroatoms. The molecule has 0 aromatic heterocycles. The number of hydrogen-bond donors (Lipinski definition) is 2. The van der Waals surface area contributed by atoms with Crippen molar-refractivity contribution in [2.75, 3.05) is 12.3 Å². The molecule has 0 fully saturated rings. The maximum atomic E-state index is 11.7. The maximum Gasteiger partial charge on any atom is 0.243 e. The summed E-state index contributed by atoms with van der Waals surface area (Å²) in [5, 5.41) is 0.393. The third-order valence-electron chi connectivity index (χ3n) is 1.79. The van der Waals surface area contributed by atoms with E-state index in [2.05, 4.69) is 16.6 Å². The molecule has 0 saturated carbocycles. The van der Waals surface area contributed by atoms with E-state index in [1.165, 1.54) is 18.2 Å². The number of halogens is 1. The molecule has 1 rings (SSSR count). The lowest BCUT2D eigenvalue weighted by atomic mass is 10.3. The Balaban J connectivity index is 3.01. The number of nitrogens with two attached hydrogens (primary N) is 1. The molecule has 86 valence electrons. The summed E-state index contributed by atoms with van der Waals surface area (Å²) in [5.74, 6) is 5.18. The molecule has 0 aliphatic rings. The van der Waals surface area contributed by atoms with E-state index in [9.17, 15) is 8.42 Å². The Morgan fingerprint density at radius 3 is 2.75 bits per heavy atom. The molecule has 0 bridgehead atoms. The Labute approximate surface area is 99.8 Å². The van der Waals surface area contributed by atoms with Crippen LogP contribution in [-0.2, 0) is 10.0 Å². The molecule has 1 aromatic carbocycles. The minimum absolute atomic E-state index is 0.00908. The molecule has 0 atom stereocenters. The number of hydrogen-bond acceptors (Lipinski definition) is 3. The number of nitrogens with one attached hydrogen (secondary N) is 1. The quantitative estimate of drug-likeness (QED) is 0.633. The van der Waals surface area contributed by atoms with Gasteiger partial charge in [0.2, 0.25) is 10.0 Å². The fourth-order valence-electron chi connectivity index (χ4n) is 1.06. The first-order valence-corrected chi connectivity index (χ1v) is 6.28. The van der Waals surface area contributed by atoms with Crippen LogP contribution in [0.5, 0.6) is 0 Å². The molecule has 0 unspecified atom stereocenters. The maximum absolute atomic E-state index is 11.7. The number of anilines is 1. The normalized spacial score (nSPS) is 10.6. The van der Waals surface area contributed by atoms with Crippen LogP contribution in [0.25, 0.3) is 0 Å². The van der Waals surface area contributed by atoms with E-state index in [4.69, 9.17) is 17.3 Å². The molecule has 0 saturated heterocycles. The average molecular weight is 259 g/mol. The van der Waals surface area contributed by atoms with Gasteiger partial charge in [0.15, 0.2) is 0 Å². The van der Waals surface area contributed by atoms with E-state index in [-0.39, 0.29) is 17.1 Å². The van der Waals surface area contributed by atoms with Gasteiger partial charge in [-0.3, -0.25) is 0 Å². The molecule has 4 nitrogen and oxygen atoms in total. The summed E-state index contributed by atoms with van der Waals surface area (Å²) in [6.45, 7) is 1.69. The van der Waals surface area contributed by atoms with Gasteiger partial charge in [-0.05, 0) is 25.1 Å². The van der Waals surface area contributed by atoms with Crippen molar-refractivity contribution in [1.82, 2.24) is 4.72 Å². The van der Waals surface area contributed by atoms with E-state index >= 15 is 0 Å². The molecule has 16 heavy (non-hydrogen) atoms. The molecular formula is C10H11ClN2O2S. The van der Waals surface area contributed by atoms with Crippen molar-refractivity contribution in [1.29, 1.82) is 0 Å². The van der Waals surface area contributed by atoms with Crippen LogP contribution in [0.4, 0.5) is 5.69 Å². The van der Waals surface area contributed by atoms with Crippen LogP contribution in [-0.4, -0.2) is 15.0 Å². The first-order chi connectivity index (χ1) is 7.47. The van der Waals surface area contributed by atoms with Crippen LogP contribution in [0.3, 0.4) is 0 Å². The molecule has 0 amide bonds. The van der Waals surface area contributed by atoms with Gasteiger partial charge in [0.25, 0.3) is 0 Å². The first kappa shape index (κ1) is 12.8. The van der Waals surface area contributed by atoms with Crippen LogP contribution >= 0.6 is 11.6 Å². The second kappa shape index (κ2) is 5.21. The minimum atomic E-state index is -3.62. The van der Waals surface area contributed by atoms with Crippen molar-refractivity contribution in [3.63, 3.8) is 0 Å². The Bertz CT molecular complexity index is 544. The Morgan fingerprint density at radius 2 is 2.19 bits per heavy atom. The highest BCUT2D eigenvalue weighted by Gasteiger charge is 2.16. The van der Waals surface area contributed by atoms with Gasteiger partial charge in [-0.1, -0.05) is 17.5 Å². The van der Waals surface area contributed by atoms with Crippen LogP contribution < -0.4 is 10.5 Å². The van der Waals surface area contributed by atoms with Crippen LogP contribution in [0.15, 0.2) is 23.1 Å². The summed E-state index contributed by atoms with van der Waals surface area (Å²) in [5.41, 5.74) is 5.69. The predicted molar refractivity (Wildman–Crippen MR) is 64.5 cm³/mol. The van der Waals surface area contributed by atoms with Gasteiger partial charge < -0.3 is 5.73 Å². The smallest absolute Gasteiger partial charge is 0.243 e. The lowest BCUT2D eigenvalue weighted by Gasteiger charge is -2.07. The topological polar surface area (TPSA) is 72.2 Å². The van der Waals surface area contributed by atoms with Crippen molar-refractivity contribution < 1.29 is 8.42 Å². The molecule has 0 aliphatic carbocycles. The lowest BCUT2D eigenvalue weighted by molar-refractivity contribution is 0.586. The van der Waals surface area contributed by atoms with E-state index in [1.807, 2.05) is 0 Å². The van der Waals surface area contributed by atoms with Crippen LogP contribution in [0, 0.1) is 11.8 Å². The molecule has 0 spiro atoms. The monoisotopic (exact) mass is 258 g/mol. The van der Waals surface area contributed by atoms with E-state index < -0.39 is 10.0 Å². The summed E-state index contributed by atoms with van der Waals surface area (Å²) in [6.07, 6.45) is 0. The highest BCUT2D eigenvalue weighted by atomic mass is 35.5. The van der Waals surface area contributed by atoms with Gasteiger partial charge in [0, 0.05) is 5.02 Å². The van der Waals surface area contributed by atoms with E-state index in [1.54, 1.807) is 6.92 Å². The molecule has 0 aliphatic heterocycles. The predicted octanol–water partition coefficient (Wildman–Crippen LogP) is 1.22. The summed E-state index contributed by atoms with van der Waals surface area (Å²) < 4.78 is 25.8. The van der Waals surface area contributed by atoms with Crippen molar-refractivity contribution in [3.05, 3.63) is 23.2 Å². The number of rotatable bonds is 3. The molecule has 0 heterocycles. The highest BCUT2D eigenvalue weighted by Crippen LogP contribution is 2.21. The van der Waals surface area contributed by atoms with Crippen LogP contribution in [0.1, 0.15) is 6.92 Å². The van der Waals surface area contributed by atoms with Crippen molar-refractivity contribution >= 4 is 27.3 Å². The number of benzene rings is 1. The third-order valence-corrected chi connectivity index (χ3v) is 3.50. The Morgan fingerprint density at radius 1 is 1.50 bits per heavy atom. The highest BCUT2D eigenvalue weighted by molar-refractivity contribution is 7.89. The van der Waals surface area contributed by atoms with Gasteiger partial charge in [-0.2, -0.15) is 4.72 Å². The lowest BCUT2D eigenvalue weighted by Crippen LogP contribution is -2.24. The average Bonchev–Trinajstić information content (AvgIpc) is 2.17. The second-order valence-electron chi connectivity index (χ2n) is 2.93. The Hall–Kier alpha value is -1.22. The van der Waals surface area contributed by atoms with Gasteiger partial charge >= 0.3 is 0 Å². The summed E-state index contributed by atoms with van der Waals surface area (Å²) in [6, 6.07) is 4.22. The minimum Gasteiger partial charge on any atom is -0.398 e. The Kier molecular flexibility index (Phi) is 4.19. The van der Waals surface area contributed by atoms with Crippen LogP contribution in [0.2, 0.25) is 5.02 Å². The second-order valence-corrected chi connectivity index (χ2v) is 5.11. The summed E-state index contributed by atoms with van der Waals surface area (Å²) in [7, 11) is -3.62. The van der Waals surface area contributed by atoms with Crippen molar-refractivity contribution in [2.45, 2.75) is 11.8 Å². The number of nitrogen functional groups attached to an aromatic ring is 1. The van der Waals surface area contributed by atoms with Gasteiger partial charge in [0.05, 0.1) is 12.2 Å². The number of sulfonamides is 1. The summed E-state index contributed by atoms with van der Waals surface area (Å²) in [4.78, 5) is 0.00908. The first-order valence-electron chi connectivity index (χ1n) is 4.41. The van der Waals surface area contributed by atoms with E-state index in [0.717, 1.165) is 0 Å². The van der Waals surface area contributed by atoms with Crippen molar-refractivity contribution in [3.8, 4) is 11.8 Å². The molecule has 1 aromatic rings. The zero-order chi connectivity index (χ0) is 12.2. The zero-order valence-corrected chi connectivity index (χ0v) is 10.2. The SMILES string of the molecule is CC#CCNS(=O)(=O)c1ccc(Cl)cc1N. The third kappa shape index (κ3) is 3.14. The van der Waals surface area contributed by atoms with Gasteiger partial charge in [-0.25, -0.2) is 8.42 Å². The molecule has 3 N–H and O–H groups in total.